The molecule has 5 heteroatoms. The SMILES string of the molecule is Cc1noc(C)c1C(C)NCc1coc(-c2ccccc2)n1. The minimum absolute atomic E-state index is 0.142. The summed E-state index contributed by atoms with van der Waals surface area (Å²) in [5.74, 6) is 1.49. The largest absolute Gasteiger partial charge is 0.444 e. The molecule has 114 valence electrons. The molecule has 2 aromatic heterocycles. The fourth-order valence-corrected chi connectivity index (χ4v) is 2.57. The van der Waals surface area contributed by atoms with E-state index in [4.69, 9.17) is 8.94 Å². The third kappa shape index (κ3) is 2.94. The molecule has 0 bridgehead atoms. The molecule has 22 heavy (non-hydrogen) atoms. The molecule has 0 aliphatic heterocycles. The van der Waals surface area contributed by atoms with E-state index >= 15 is 0 Å². The van der Waals surface area contributed by atoms with E-state index in [0.717, 1.165) is 28.3 Å². The van der Waals surface area contributed by atoms with Crippen LogP contribution in [0.1, 0.15) is 35.7 Å². The number of oxazole rings is 1. The Morgan fingerprint density at radius 2 is 1.95 bits per heavy atom. The Labute approximate surface area is 129 Å². The Morgan fingerprint density at radius 1 is 1.18 bits per heavy atom. The quantitative estimate of drug-likeness (QED) is 0.776. The van der Waals surface area contributed by atoms with Gasteiger partial charge in [0.05, 0.1) is 11.4 Å². The van der Waals surface area contributed by atoms with E-state index in [1.165, 1.54) is 0 Å². The van der Waals surface area contributed by atoms with E-state index in [9.17, 15) is 0 Å². The maximum Gasteiger partial charge on any atom is 0.226 e. The van der Waals surface area contributed by atoms with E-state index in [1.54, 1.807) is 6.26 Å². The molecular weight excluding hydrogens is 278 g/mol. The number of nitrogens with zero attached hydrogens (tertiary/aromatic N) is 2. The van der Waals surface area contributed by atoms with E-state index in [0.29, 0.717) is 12.4 Å². The van der Waals surface area contributed by atoms with Crippen LogP contribution in [0.4, 0.5) is 0 Å². The van der Waals surface area contributed by atoms with Gasteiger partial charge in [0.2, 0.25) is 5.89 Å². The lowest BCUT2D eigenvalue weighted by atomic mass is 10.1. The molecule has 2 heterocycles. The Bertz CT molecular complexity index is 727. The van der Waals surface area contributed by atoms with Crippen LogP contribution in [0.25, 0.3) is 11.5 Å². The molecule has 0 saturated carbocycles. The monoisotopic (exact) mass is 297 g/mol. The van der Waals surface area contributed by atoms with Crippen molar-refractivity contribution in [2.24, 2.45) is 0 Å². The number of aryl methyl sites for hydroxylation is 2. The zero-order chi connectivity index (χ0) is 15.5. The lowest BCUT2D eigenvalue weighted by Gasteiger charge is -2.12. The highest BCUT2D eigenvalue weighted by Crippen LogP contribution is 2.22. The topological polar surface area (TPSA) is 64.1 Å². The Morgan fingerprint density at radius 3 is 2.64 bits per heavy atom. The first kappa shape index (κ1) is 14.5. The van der Waals surface area contributed by atoms with Crippen LogP contribution in [-0.2, 0) is 6.54 Å². The van der Waals surface area contributed by atoms with Gasteiger partial charge in [0.25, 0.3) is 0 Å². The molecule has 0 aliphatic carbocycles. The first-order valence-electron chi connectivity index (χ1n) is 7.31. The van der Waals surface area contributed by atoms with Gasteiger partial charge in [-0.1, -0.05) is 23.4 Å². The van der Waals surface area contributed by atoms with Crippen LogP contribution >= 0.6 is 0 Å². The summed E-state index contributed by atoms with van der Waals surface area (Å²) >= 11 is 0. The van der Waals surface area contributed by atoms with Crippen LogP contribution in [0.2, 0.25) is 0 Å². The zero-order valence-electron chi connectivity index (χ0n) is 13.0. The molecule has 1 aromatic carbocycles. The maximum atomic E-state index is 5.54. The van der Waals surface area contributed by atoms with Gasteiger partial charge in [0, 0.05) is 23.7 Å². The molecule has 1 atom stereocenters. The fraction of sp³-hybridized carbons (Fsp3) is 0.294. The first-order valence-corrected chi connectivity index (χ1v) is 7.31. The smallest absolute Gasteiger partial charge is 0.226 e. The summed E-state index contributed by atoms with van der Waals surface area (Å²) in [7, 11) is 0. The normalized spacial score (nSPS) is 12.5. The van der Waals surface area contributed by atoms with Crippen LogP contribution in [-0.4, -0.2) is 10.1 Å². The summed E-state index contributed by atoms with van der Waals surface area (Å²) < 4.78 is 10.7. The molecular formula is C17H19N3O2. The zero-order valence-corrected chi connectivity index (χ0v) is 13.0. The Balaban J connectivity index is 1.66. The van der Waals surface area contributed by atoms with Crippen molar-refractivity contribution in [3.63, 3.8) is 0 Å². The lowest BCUT2D eigenvalue weighted by Crippen LogP contribution is -2.19. The molecule has 1 unspecified atom stereocenters. The number of aromatic nitrogens is 2. The highest BCUT2D eigenvalue weighted by atomic mass is 16.5. The van der Waals surface area contributed by atoms with Gasteiger partial charge in [-0.3, -0.25) is 0 Å². The third-order valence-electron chi connectivity index (χ3n) is 3.68. The highest BCUT2D eigenvalue weighted by Gasteiger charge is 2.16. The fourth-order valence-electron chi connectivity index (χ4n) is 2.57. The van der Waals surface area contributed by atoms with Gasteiger partial charge in [-0.2, -0.15) is 0 Å². The minimum atomic E-state index is 0.142. The molecule has 3 aromatic rings. The molecule has 0 fully saturated rings. The van der Waals surface area contributed by atoms with Crippen LogP contribution in [0.3, 0.4) is 0 Å². The van der Waals surface area contributed by atoms with Gasteiger partial charge in [-0.25, -0.2) is 4.98 Å². The predicted molar refractivity (Wildman–Crippen MR) is 83.2 cm³/mol. The number of nitrogens with one attached hydrogen (secondary N) is 1. The van der Waals surface area contributed by atoms with Gasteiger partial charge in [-0.05, 0) is 32.9 Å². The van der Waals surface area contributed by atoms with E-state index in [1.807, 2.05) is 44.2 Å². The standard InChI is InChI=1S/C17H19N3O2/c1-11(16-12(2)20-22-13(16)3)18-9-15-10-21-17(19-15)14-7-5-4-6-8-14/h4-8,10-11,18H,9H2,1-3H3. The van der Waals surface area contributed by atoms with Crippen molar-refractivity contribution in [2.45, 2.75) is 33.4 Å². The predicted octanol–water partition coefficient (Wildman–Crippen LogP) is 3.80. The molecule has 0 aliphatic rings. The molecule has 1 N–H and O–H groups in total. The molecule has 0 saturated heterocycles. The summed E-state index contributed by atoms with van der Waals surface area (Å²) in [6, 6.07) is 10.0. The summed E-state index contributed by atoms with van der Waals surface area (Å²) in [5, 5.41) is 7.41. The van der Waals surface area contributed by atoms with Gasteiger partial charge >= 0.3 is 0 Å². The Kier molecular flexibility index (Phi) is 4.06. The van der Waals surface area contributed by atoms with E-state index < -0.39 is 0 Å². The number of hydrogen-bond acceptors (Lipinski definition) is 5. The van der Waals surface area contributed by atoms with Gasteiger partial charge in [0.1, 0.15) is 12.0 Å². The van der Waals surface area contributed by atoms with E-state index in [2.05, 4.69) is 22.4 Å². The molecule has 0 spiro atoms. The van der Waals surface area contributed by atoms with Crippen molar-refractivity contribution >= 4 is 0 Å². The van der Waals surface area contributed by atoms with Crippen molar-refractivity contribution in [3.05, 3.63) is 59.3 Å². The molecule has 3 rings (SSSR count). The van der Waals surface area contributed by atoms with Crippen LogP contribution in [0, 0.1) is 13.8 Å². The first-order chi connectivity index (χ1) is 10.6. The average molecular weight is 297 g/mol. The third-order valence-corrected chi connectivity index (χ3v) is 3.68. The summed E-state index contributed by atoms with van der Waals surface area (Å²) in [5.41, 5.74) is 3.87. The van der Waals surface area contributed by atoms with E-state index in [-0.39, 0.29) is 6.04 Å². The van der Waals surface area contributed by atoms with Crippen molar-refractivity contribution < 1.29 is 8.94 Å². The Hall–Kier alpha value is -2.40. The van der Waals surface area contributed by atoms with Crippen LogP contribution in [0.5, 0.6) is 0 Å². The molecule has 0 amide bonds. The second-order valence-corrected chi connectivity index (χ2v) is 5.35. The van der Waals surface area contributed by atoms with Crippen LogP contribution < -0.4 is 5.32 Å². The average Bonchev–Trinajstić information content (AvgIpc) is 3.13. The van der Waals surface area contributed by atoms with Crippen molar-refractivity contribution in [1.29, 1.82) is 0 Å². The van der Waals surface area contributed by atoms with Crippen molar-refractivity contribution in [3.8, 4) is 11.5 Å². The second-order valence-electron chi connectivity index (χ2n) is 5.35. The molecule has 5 nitrogen and oxygen atoms in total. The number of benzene rings is 1. The second kappa shape index (κ2) is 6.15. The van der Waals surface area contributed by atoms with Gasteiger partial charge in [0.15, 0.2) is 0 Å². The minimum Gasteiger partial charge on any atom is -0.444 e. The molecule has 0 radical (unpaired) electrons. The van der Waals surface area contributed by atoms with Crippen molar-refractivity contribution in [1.82, 2.24) is 15.5 Å². The van der Waals surface area contributed by atoms with Gasteiger partial charge in [-0.15, -0.1) is 0 Å². The van der Waals surface area contributed by atoms with Crippen LogP contribution in [0.15, 0.2) is 45.5 Å². The highest BCUT2D eigenvalue weighted by molar-refractivity contribution is 5.52. The summed E-state index contributed by atoms with van der Waals surface area (Å²) in [4.78, 5) is 4.51. The van der Waals surface area contributed by atoms with Crippen molar-refractivity contribution in [2.75, 3.05) is 0 Å². The summed E-state index contributed by atoms with van der Waals surface area (Å²) in [6.07, 6.45) is 1.69. The maximum absolute atomic E-state index is 5.54. The number of hydrogen-bond donors (Lipinski definition) is 1. The lowest BCUT2D eigenvalue weighted by molar-refractivity contribution is 0.390. The number of rotatable bonds is 5. The van der Waals surface area contributed by atoms with Gasteiger partial charge < -0.3 is 14.3 Å². The summed E-state index contributed by atoms with van der Waals surface area (Å²) in [6.45, 7) is 6.59.